The number of fused-ring (bicyclic) bond motifs is 1. The molecule has 0 spiro atoms. The summed E-state index contributed by atoms with van der Waals surface area (Å²) in [4.78, 5) is 42.0. The lowest BCUT2D eigenvalue weighted by Gasteiger charge is -2.33. The first-order chi connectivity index (χ1) is 18.6. The fourth-order valence-corrected chi connectivity index (χ4v) is 6.09. The van der Waals surface area contributed by atoms with Crippen molar-refractivity contribution in [2.75, 3.05) is 6.54 Å². The Bertz CT molecular complexity index is 1470. The fourth-order valence-electron chi connectivity index (χ4n) is 4.57. The molecule has 39 heavy (non-hydrogen) atoms. The highest BCUT2D eigenvalue weighted by molar-refractivity contribution is 7.90. The van der Waals surface area contributed by atoms with E-state index in [0.29, 0.717) is 10.7 Å². The topological polar surface area (TPSA) is 104 Å². The van der Waals surface area contributed by atoms with E-state index < -0.39 is 34.4 Å². The maximum Gasteiger partial charge on any atom is 0.269 e. The third kappa shape index (κ3) is 6.04. The molecule has 0 fully saturated rings. The molecule has 0 radical (unpaired) electrons. The molecule has 1 aliphatic rings. The summed E-state index contributed by atoms with van der Waals surface area (Å²) in [6, 6.07) is 21.7. The van der Waals surface area contributed by atoms with E-state index in [-0.39, 0.29) is 35.4 Å². The molecule has 0 bridgehead atoms. The highest BCUT2D eigenvalue weighted by Crippen LogP contribution is 2.30. The molecular formula is C30H33N3O5S. The van der Waals surface area contributed by atoms with E-state index in [0.717, 1.165) is 16.7 Å². The molecule has 2 atom stereocenters. The van der Waals surface area contributed by atoms with Gasteiger partial charge in [0.15, 0.2) is 0 Å². The minimum atomic E-state index is -4.20. The van der Waals surface area contributed by atoms with E-state index in [1.807, 2.05) is 75.4 Å². The number of nitrogens with zero attached hydrogens (tertiary/aromatic N) is 2. The number of carbonyl (C=O) groups is 3. The predicted molar refractivity (Wildman–Crippen MR) is 148 cm³/mol. The SMILES string of the molecule is CC[C@@H](C)NC(=O)[C@@H](Cc1ccccc1)N(Cc1ccccc1C)C(=O)CN1C(=O)c2ccccc2S1(=O)=O. The van der Waals surface area contributed by atoms with Gasteiger partial charge < -0.3 is 10.2 Å². The van der Waals surface area contributed by atoms with Gasteiger partial charge in [0.2, 0.25) is 11.8 Å². The minimum Gasteiger partial charge on any atom is -0.352 e. The number of hydrogen-bond donors (Lipinski definition) is 1. The molecule has 1 aliphatic heterocycles. The Labute approximate surface area is 229 Å². The van der Waals surface area contributed by atoms with Gasteiger partial charge in [0.25, 0.3) is 15.9 Å². The van der Waals surface area contributed by atoms with Gasteiger partial charge in [-0.05, 0) is 49.1 Å². The van der Waals surface area contributed by atoms with Gasteiger partial charge in [0.1, 0.15) is 17.5 Å². The number of amides is 3. The zero-order valence-corrected chi connectivity index (χ0v) is 23.1. The molecule has 0 unspecified atom stereocenters. The van der Waals surface area contributed by atoms with Crippen molar-refractivity contribution in [3.8, 4) is 0 Å². The van der Waals surface area contributed by atoms with Crippen molar-refractivity contribution in [3.63, 3.8) is 0 Å². The summed E-state index contributed by atoms with van der Waals surface area (Å²) in [5.74, 6) is -1.73. The number of carbonyl (C=O) groups excluding carboxylic acids is 3. The summed E-state index contributed by atoms with van der Waals surface area (Å²) in [6.45, 7) is 5.12. The van der Waals surface area contributed by atoms with Crippen molar-refractivity contribution in [2.24, 2.45) is 0 Å². The first-order valence-electron chi connectivity index (χ1n) is 13.0. The Morgan fingerprint density at radius 2 is 1.59 bits per heavy atom. The Kier molecular flexibility index (Phi) is 8.50. The van der Waals surface area contributed by atoms with Crippen LogP contribution >= 0.6 is 0 Å². The summed E-state index contributed by atoms with van der Waals surface area (Å²) >= 11 is 0. The van der Waals surface area contributed by atoms with Crippen LogP contribution in [0.5, 0.6) is 0 Å². The standard InChI is InChI=1S/C30H33N3O5S/c1-4-22(3)31-29(35)26(18-23-13-6-5-7-14-23)32(19-24-15-9-8-12-21(24)2)28(34)20-33-30(36)25-16-10-11-17-27(25)39(33,37)38/h5-17,22,26H,4,18-20H2,1-3H3,(H,31,35)/t22-,26-/m1/s1. The van der Waals surface area contributed by atoms with Crippen LogP contribution in [0.3, 0.4) is 0 Å². The van der Waals surface area contributed by atoms with Crippen LogP contribution in [0.2, 0.25) is 0 Å². The zero-order chi connectivity index (χ0) is 28.2. The third-order valence-electron chi connectivity index (χ3n) is 7.06. The number of nitrogens with one attached hydrogen (secondary N) is 1. The van der Waals surface area contributed by atoms with Crippen LogP contribution in [0.4, 0.5) is 0 Å². The summed E-state index contributed by atoms with van der Waals surface area (Å²) in [6.07, 6.45) is 0.927. The van der Waals surface area contributed by atoms with E-state index in [2.05, 4.69) is 5.32 Å². The quantitative estimate of drug-likeness (QED) is 0.417. The van der Waals surface area contributed by atoms with Crippen LogP contribution < -0.4 is 5.32 Å². The van der Waals surface area contributed by atoms with Crippen molar-refractivity contribution < 1.29 is 22.8 Å². The molecule has 1 N–H and O–H groups in total. The molecule has 3 aromatic carbocycles. The van der Waals surface area contributed by atoms with E-state index in [1.165, 1.54) is 23.1 Å². The summed E-state index contributed by atoms with van der Waals surface area (Å²) in [7, 11) is -4.20. The van der Waals surface area contributed by atoms with Gasteiger partial charge in [-0.1, -0.05) is 73.7 Å². The Hall–Kier alpha value is -3.98. The smallest absolute Gasteiger partial charge is 0.269 e. The highest BCUT2D eigenvalue weighted by atomic mass is 32.2. The molecule has 0 aromatic heterocycles. The van der Waals surface area contributed by atoms with Crippen molar-refractivity contribution in [2.45, 2.75) is 57.1 Å². The molecule has 4 rings (SSSR count). The zero-order valence-electron chi connectivity index (χ0n) is 22.3. The van der Waals surface area contributed by atoms with Crippen molar-refractivity contribution in [3.05, 3.63) is 101 Å². The third-order valence-corrected chi connectivity index (χ3v) is 8.85. The number of hydrogen-bond acceptors (Lipinski definition) is 5. The van der Waals surface area contributed by atoms with Crippen LogP contribution in [0, 0.1) is 6.92 Å². The molecule has 0 saturated carbocycles. The second-order valence-electron chi connectivity index (χ2n) is 9.78. The largest absolute Gasteiger partial charge is 0.352 e. The highest BCUT2D eigenvalue weighted by Gasteiger charge is 2.43. The van der Waals surface area contributed by atoms with E-state index in [4.69, 9.17) is 0 Å². The van der Waals surface area contributed by atoms with Crippen LogP contribution in [0.15, 0.2) is 83.8 Å². The molecule has 0 aliphatic carbocycles. The average molecular weight is 548 g/mol. The molecular weight excluding hydrogens is 514 g/mol. The summed E-state index contributed by atoms with van der Waals surface area (Å²) in [5.41, 5.74) is 2.63. The van der Waals surface area contributed by atoms with Crippen LogP contribution in [0.25, 0.3) is 0 Å². The van der Waals surface area contributed by atoms with Gasteiger partial charge in [0, 0.05) is 19.0 Å². The molecule has 204 valence electrons. The Morgan fingerprint density at radius 3 is 2.26 bits per heavy atom. The predicted octanol–water partition coefficient (Wildman–Crippen LogP) is 3.69. The van der Waals surface area contributed by atoms with Gasteiger partial charge >= 0.3 is 0 Å². The number of aryl methyl sites for hydroxylation is 1. The second kappa shape index (κ2) is 11.8. The van der Waals surface area contributed by atoms with Crippen molar-refractivity contribution in [1.29, 1.82) is 0 Å². The molecule has 0 saturated heterocycles. The molecule has 3 amide bonds. The number of rotatable bonds is 10. The number of benzene rings is 3. The lowest BCUT2D eigenvalue weighted by atomic mass is 10.0. The van der Waals surface area contributed by atoms with Gasteiger partial charge in [-0.3, -0.25) is 14.4 Å². The molecule has 9 heteroatoms. The van der Waals surface area contributed by atoms with Crippen molar-refractivity contribution >= 4 is 27.7 Å². The van der Waals surface area contributed by atoms with Gasteiger partial charge in [0.05, 0.1) is 5.56 Å². The Balaban J connectivity index is 1.73. The van der Waals surface area contributed by atoms with Crippen LogP contribution in [0.1, 0.15) is 47.3 Å². The molecule has 3 aromatic rings. The van der Waals surface area contributed by atoms with Crippen molar-refractivity contribution in [1.82, 2.24) is 14.5 Å². The minimum absolute atomic E-state index is 0.0334. The van der Waals surface area contributed by atoms with Gasteiger partial charge in [-0.2, -0.15) is 0 Å². The summed E-state index contributed by atoms with van der Waals surface area (Å²) in [5, 5.41) is 2.99. The fraction of sp³-hybridized carbons (Fsp3) is 0.300. The monoisotopic (exact) mass is 547 g/mol. The van der Waals surface area contributed by atoms with E-state index >= 15 is 0 Å². The van der Waals surface area contributed by atoms with E-state index in [1.54, 1.807) is 6.07 Å². The number of sulfonamides is 1. The first-order valence-corrected chi connectivity index (χ1v) is 14.4. The molecule has 8 nitrogen and oxygen atoms in total. The normalized spacial score (nSPS) is 15.4. The summed E-state index contributed by atoms with van der Waals surface area (Å²) < 4.78 is 27.0. The lowest BCUT2D eigenvalue weighted by Crippen LogP contribution is -2.54. The lowest BCUT2D eigenvalue weighted by molar-refractivity contribution is -0.141. The first kappa shape index (κ1) is 28.0. The van der Waals surface area contributed by atoms with Crippen LogP contribution in [-0.2, 0) is 32.6 Å². The van der Waals surface area contributed by atoms with Crippen LogP contribution in [-0.4, -0.2) is 54.0 Å². The average Bonchev–Trinajstić information content (AvgIpc) is 3.12. The van der Waals surface area contributed by atoms with E-state index in [9.17, 15) is 22.8 Å². The maximum atomic E-state index is 14.0. The molecule has 1 heterocycles. The van der Waals surface area contributed by atoms with Gasteiger partial charge in [-0.15, -0.1) is 0 Å². The maximum absolute atomic E-state index is 14.0. The second-order valence-corrected chi connectivity index (χ2v) is 11.6. The Morgan fingerprint density at radius 1 is 0.949 bits per heavy atom. The van der Waals surface area contributed by atoms with Gasteiger partial charge in [-0.25, -0.2) is 12.7 Å².